The molecule has 0 spiro atoms. The molecule has 0 aromatic heterocycles. The number of carbonyl (C=O) groups excluding carboxylic acids is 2. The van der Waals surface area contributed by atoms with Gasteiger partial charge in [0.1, 0.15) is 11.4 Å². The van der Waals surface area contributed by atoms with Crippen LogP contribution >= 0.6 is 0 Å². The summed E-state index contributed by atoms with van der Waals surface area (Å²) in [6.45, 7) is 7.61. The number of piperazine rings is 1. The van der Waals surface area contributed by atoms with Gasteiger partial charge in [0.25, 0.3) is 11.6 Å². The van der Waals surface area contributed by atoms with Gasteiger partial charge < -0.3 is 19.3 Å². The van der Waals surface area contributed by atoms with E-state index >= 15 is 0 Å². The Morgan fingerprint density at radius 2 is 1.79 bits per heavy atom. The molecule has 0 aliphatic carbocycles. The van der Waals surface area contributed by atoms with Crippen molar-refractivity contribution in [2.24, 2.45) is 0 Å². The third kappa shape index (κ3) is 5.79. The number of nitro groups is 1. The summed E-state index contributed by atoms with van der Waals surface area (Å²) < 4.78 is 10.8. The molecule has 1 fully saturated rings. The zero-order valence-corrected chi connectivity index (χ0v) is 19.2. The molecule has 33 heavy (non-hydrogen) atoms. The number of hydrogen-bond acceptors (Lipinski definition) is 7. The first kappa shape index (κ1) is 24.0. The number of nitro benzene ring substituents is 1. The number of ether oxygens (including phenoxy) is 2. The molecule has 0 radical (unpaired) electrons. The maximum Gasteiger partial charge on any atom is 0.338 e. The maximum atomic E-state index is 13.0. The molecule has 1 saturated heterocycles. The Morgan fingerprint density at radius 3 is 2.42 bits per heavy atom. The van der Waals surface area contributed by atoms with Crippen molar-refractivity contribution in [2.75, 3.05) is 37.7 Å². The minimum Gasteiger partial charge on any atom is -0.491 e. The van der Waals surface area contributed by atoms with Crippen LogP contribution in [-0.4, -0.2) is 60.6 Å². The summed E-state index contributed by atoms with van der Waals surface area (Å²) in [6, 6.07) is 11.5. The average molecular weight is 456 g/mol. The van der Waals surface area contributed by atoms with Crippen LogP contribution in [0.3, 0.4) is 0 Å². The molecule has 2 aromatic carbocycles. The van der Waals surface area contributed by atoms with Crippen LogP contribution in [0.4, 0.5) is 11.4 Å². The fourth-order valence-corrected chi connectivity index (χ4v) is 3.63. The topological polar surface area (TPSA) is 102 Å². The zero-order chi connectivity index (χ0) is 24.0. The number of anilines is 1. The van der Waals surface area contributed by atoms with E-state index in [1.807, 2.05) is 24.8 Å². The molecule has 9 heteroatoms. The number of benzene rings is 2. The summed E-state index contributed by atoms with van der Waals surface area (Å²) in [4.78, 5) is 39.7. The quantitative estimate of drug-likeness (QED) is 0.338. The van der Waals surface area contributed by atoms with Crippen LogP contribution in [-0.2, 0) is 4.74 Å². The molecule has 9 nitrogen and oxygen atoms in total. The van der Waals surface area contributed by atoms with Crippen molar-refractivity contribution in [3.8, 4) is 5.75 Å². The summed E-state index contributed by atoms with van der Waals surface area (Å²) >= 11 is 0. The lowest BCUT2D eigenvalue weighted by Gasteiger charge is -2.36. The number of rotatable bonds is 8. The van der Waals surface area contributed by atoms with Crippen LogP contribution < -0.4 is 9.64 Å². The van der Waals surface area contributed by atoms with E-state index in [2.05, 4.69) is 0 Å². The lowest BCUT2D eigenvalue weighted by molar-refractivity contribution is -0.384. The highest BCUT2D eigenvalue weighted by Gasteiger charge is 2.27. The summed E-state index contributed by atoms with van der Waals surface area (Å²) in [5.41, 5.74) is 0.953. The average Bonchev–Trinajstić information content (AvgIpc) is 2.83. The predicted molar refractivity (Wildman–Crippen MR) is 124 cm³/mol. The molecule has 1 amide bonds. The summed E-state index contributed by atoms with van der Waals surface area (Å²) in [7, 11) is 0. The molecule has 0 unspecified atom stereocenters. The monoisotopic (exact) mass is 455 g/mol. The van der Waals surface area contributed by atoms with E-state index in [9.17, 15) is 19.7 Å². The lowest BCUT2D eigenvalue weighted by Crippen LogP contribution is -2.49. The summed E-state index contributed by atoms with van der Waals surface area (Å²) in [6.07, 6.45) is 0.928. The highest BCUT2D eigenvalue weighted by Crippen LogP contribution is 2.30. The Kier molecular flexibility index (Phi) is 7.87. The van der Waals surface area contributed by atoms with Crippen molar-refractivity contribution in [3.63, 3.8) is 0 Å². The second kappa shape index (κ2) is 10.8. The standard InChI is InChI=1S/C24H29N3O6/c1-4-17(3)33-20-8-6-7-18(15-20)23(28)26-13-11-25(12-14-26)21-10-9-19(24(29)32-5-2)16-22(21)27(30)31/h6-10,15-17H,4-5,11-14H2,1-3H3/t17-/m0/s1. The van der Waals surface area contributed by atoms with Crippen molar-refractivity contribution in [1.29, 1.82) is 0 Å². The second-order valence-electron chi connectivity index (χ2n) is 7.82. The smallest absolute Gasteiger partial charge is 0.338 e. The van der Waals surface area contributed by atoms with Crippen molar-refractivity contribution in [3.05, 3.63) is 63.7 Å². The van der Waals surface area contributed by atoms with Gasteiger partial charge in [-0.2, -0.15) is 0 Å². The van der Waals surface area contributed by atoms with E-state index in [1.165, 1.54) is 12.1 Å². The molecular weight excluding hydrogens is 426 g/mol. The maximum absolute atomic E-state index is 13.0. The van der Waals surface area contributed by atoms with Gasteiger partial charge in [0, 0.05) is 37.8 Å². The van der Waals surface area contributed by atoms with Crippen LogP contribution in [0.25, 0.3) is 0 Å². The van der Waals surface area contributed by atoms with Gasteiger partial charge in [-0.25, -0.2) is 4.79 Å². The molecule has 0 bridgehead atoms. The summed E-state index contributed by atoms with van der Waals surface area (Å²) in [5, 5.41) is 11.6. The fraction of sp³-hybridized carbons (Fsp3) is 0.417. The van der Waals surface area contributed by atoms with Crippen molar-refractivity contribution < 1.29 is 24.0 Å². The van der Waals surface area contributed by atoms with E-state index in [0.717, 1.165) is 6.42 Å². The first-order valence-electron chi connectivity index (χ1n) is 11.1. The lowest BCUT2D eigenvalue weighted by atomic mass is 10.1. The SMILES string of the molecule is CCOC(=O)c1ccc(N2CCN(C(=O)c3cccc(O[C@@H](C)CC)c3)CC2)c([N+](=O)[O-])c1. The molecule has 1 aliphatic rings. The van der Waals surface area contributed by atoms with E-state index in [0.29, 0.717) is 43.2 Å². The minimum atomic E-state index is -0.595. The number of esters is 1. The molecule has 1 aliphatic heterocycles. The highest BCUT2D eigenvalue weighted by atomic mass is 16.6. The Morgan fingerprint density at radius 1 is 1.06 bits per heavy atom. The largest absolute Gasteiger partial charge is 0.491 e. The van der Waals surface area contributed by atoms with E-state index in [4.69, 9.17) is 9.47 Å². The Labute approximate surface area is 193 Å². The first-order chi connectivity index (χ1) is 15.8. The predicted octanol–water partition coefficient (Wildman–Crippen LogP) is 3.91. The first-order valence-corrected chi connectivity index (χ1v) is 11.1. The van der Waals surface area contributed by atoms with Gasteiger partial charge in [-0.3, -0.25) is 14.9 Å². The molecule has 2 aromatic rings. The molecule has 0 N–H and O–H groups in total. The third-order valence-corrected chi connectivity index (χ3v) is 5.58. The number of nitrogens with zero attached hydrogens (tertiary/aromatic N) is 3. The second-order valence-corrected chi connectivity index (χ2v) is 7.82. The molecule has 3 rings (SSSR count). The number of hydrogen-bond donors (Lipinski definition) is 0. The van der Waals surface area contributed by atoms with Gasteiger partial charge in [0.2, 0.25) is 0 Å². The normalized spacial score (nSPS) is 14.5. The van der Waals surface area contributed by atoms with E-state index < -0.39 is 10.9 Å². The Balaban J connectivity index is 1.69. The Bertz CT molecular complexity index is 1020. The Hall–Kier alpha value is -3.62. The molecule has 1 heterocycles. The van der Waals surface area contributed by atoms with Gasteiger partial charge >= 0.3 is 5.97 Å². The molecule has 176 valence electrons. The fourth-order valence-electron chi connectivity index (χ4n) is 3.63. The van der Waals surface area contributed by atoms with Crippen molar-refractivity contribution in [1.82, 2.24) is 4.90 Å². The van der Waals surface area contributed by atoms with Gasteiger partial charge in [0.05, 0.1) is 23.2 Å². The van der Waals surface area contributed by atoms with Crippen LogP contribution in [0.2, 0.25) is 0 Å². The molecule has 1 atom stereocenters. The number of amides is 1. The van der Waals surface area contributed by atoms with Crippen LogP contribution in [0.5, 0.6) is 5.75 Å². The molecular formula is C24H29N3O6. The van der Waals surface area contributed by atoms with Gasteiger partial charge in [-0.15, -0.1) is 0 Å². The van der Waals surface area contributed by atoms with Gasteiger partial charge in [-0.05, 0) is 50.6 Å². The van der Waals surface area contributed by atoms with Crippen LogP contribution in [0, 0.1) is 10.1 Å². The van der Waals surface area contributed by atoms with Crippen LogP contribution in [0.1, 0.15) is 47.9 Å². The van der Waals surface area contributed by atoms with E-state index in [-0.39, 0.29) is 29.9 Å². The van der Waals surface area contributed by atoms with Gasteiger partial charge in [0.15, 0.2) is 0 Å². The third-order valence-electron chi connectivity index (χ3n) is 5.58. The zero-order valence-electron chi connectivity index (χ0n) is 19.2. The minimum absolute atomic E-state index is 0.0601. The molecule has 0 saturated carbocycles. The van der Waals surface area contributed by atoms with Crippen molar-refractivity contribution in [2.45, 2.75) is 33.3 Å². The summed E-state index contributed by atoms with van der Waals surface area (Å²) in [5.74, 6) is -0.0373. The number of carbonyl (C=O) groups is 2. The highest BCUT2D eigenvalue weighted by molar-refractivity contribution is 5.95. The van der Waals surface area contributed by atoms with Crippen LogP contribution in [0.15, 0.2) is 42.5 Å². The van der Waals surface area contributed by atoms with Gasteiger partial charge in [-0.1, -0.05) is 13.0 Å². The van der Waals surface area contributed by atoms with E-state index in [1.54, 1.807) is 36.1 Å². The van der Waals surface area contributed by atoms with Crippen molar-refractivity contribution >= 4 is 23.3 Å².